The van der Waals surface area contributed by atoms with Crippen LogP contribution in [0.25, 0.3) is 0 Å². The average Bonchev–Trinajstić information content (AvgIpc) is 2.81. The van der Waals surface area contributed by atoms with E-state index in [9.17, 15) is 4.39 Å². The van der Waals surface area contributed by atoms with Gasteiger partial charge in [-0.2, -0.15) is 0 Å². The molecule has 4 rings (SSSR count). The minimum atomic E-state index is -2.76. The van der Waals surface area contributed by atoms with E-state index in [0.717, 1.165) is 5.56 Å². The van der Waals surface area contributed by atoms with E-state index < -0.39 is 14.1 Å². The maximum absolute atomic E-state index is 14.6. The first-order chi connectivity index (χ1) is 16.6. The van der Waals surface area contributed by atoms with E-state index in [1.54, 1.807) is 6.07 Å². The molecule has 1 radical (unpaired) electrons. The number of halogens is 2. The molecular weight excluding hydrogens is 477 g/mol. The van der Waals surface area contributed by atoms with Crippen LogP contribution in [0, 0.1) is 11.9 Å². The Labute approximate surface area is 215 Å². The number of ether oxygens (including phenoxy) is 1. The summed E-state index contributed by atoms with van der Waals surface area (Å²) in [7, 11) is -2.76. The lowest BCUT2D eigenvalue weighted by atomic mass is 10.1. The normalized spacial score (nSPS) is 19.1. The first-order valence-corrected chi connectivity index (χ1v) is 14.5. The Morgan fingerprint density at radius 2 is 1.51 bits per heavy atom. The number of hydrogen-bond acceptors (Lipinski definition) is 3. The maximum atomic E-state index is 14.6. The van der Waals surface area contributed by atoms with E-state index in [2.05, 4.69) is 80.3 Å². The van der Waals surface area contributed by atoms with Crippen LogP contribution in [0.5, 0.6) is 0 Å². The molecule has 1 aliphatic rings. The summed E-state index contributed by atoms with van der Waals surface area (Å²) in [4.78, 5) is 2.13. The summed E-state index contributed by atoms with van der Waals surface area (Å²) in [6.45, 7) is 12.4. The Hall–Kier alpha value is -2.18. The predicted octanol–water partition coefficient (Wildman–Crippen LogP) is 5.97. The number of anilines is 1. The van der Waals surface area contributed by atoms with Crippen LogP contribution in [0.2, 0.25) is 10.1 Å². The van der Waals surface area contributed by atoms with Crippen LogP contribution in [0.4, 0.5) is 10.1 Å². The number of morpholine rings is 1. The fraction of sp³-hybridized carbons (Fsp3) is 0.379. The molecule has 2 atom stereocenters. The molecule has 0 amide bonds. The molecule has 0 spiro atoms. The van der Waals surface area contributed by atoms with Crippen LogP contribution >= 0.6 is 11.6 Å². The Kier molecular flexibility index (Phi) is 7.72. The predicted molar refractivity (Wildman–Crippen MR) is 145 cm³/mol. The van der Waals surface area contributed by atoms with Gasteiger partial charge in [0.2, 0.25) is 0 Å². The van der Waals surface area contributed by atoms with Gasteiger partial charge in [0.15, 0.2) is 5.82 Å². The third kappa shape index (κ3) is 5.19. The molecule has 3 aromatic carbocycles. The zero-order valence-electron chi connectivity index (χ0n) is 21.1. The summed E-state index contributed by atoms with van der Waals surface area (Å²) in [5.41, 5.74) is 1.52. The highest BCUT2D eigenvalue weighted by molar-refractivity contribution is 6.99. The van der Waals surface area contributed by atoms with Crippen LogP contribution < -0.4 is 15.3 Å². The van der Waals surface area contributed by atoms with Gasteiger partial charge in [-0.15, -0.1) is 0 Å². The molecule has 1 saturated heterocycles. The summed E-state index contributed by atoms with van der Waals surface area (Å²) in [6.07, 6.45) is 0.0417. The van der Waals surface area contributed by atoms with Crippen molar-refractivity contribution in [2.24, 2.45) is 0 Å². The van der Waals surface area contributed by atoms with E-state index in [4.69, 9.17) is 20.8 Å². The molecule has 35 heavy (non-hydrogen) atoms. The van der Waals surface area contributed by atoms with E-state index in [-0.39, 0.29) is 22.3 Å². The Morgan fingerprint density at radius 1 is 1.00 bits per heavy atom. The lowest BCUT2D eigenvalue weighted by Crippen LogP contribution is -2.66. The SMILES string of the molecule is C[C@@H]1CN(c2c(CO[Si](c3ccccc3)(c3ccccc3)C(C)(C)C)c[c]c(F)c2Cl)C[C@H](C)O1. The largest absolute Gasteiger partial charge is 0.403 e. The second-order valence-electron chi connectivity index (χ2n) is 10.4. The number of hydrogen-bond donors (Lipinski definition) is 0. The molecule has 6 heteroatoms. The lowest BCUT2D eigenvalue weighted by molar-refractivity contribution is -0.00532. The van der Waals surface area contributed by atoms with Crippen molar-refractivity contribution in [2.75, 3.05) is 18.0 Å². The molecule has 0 saturated carbocycles. The van der Waals surface area contributed by atoms with Gasteiger partial charge in [-0.25, -0.2) is 4.39 Å². The smallest absolute Gasteiger partial charge is 0.261 e. The van der Waals surface area contributed by atoms with Crippen molar-refractivity contribution in [3.63, 3.8) is 0 Å². The minimum Gasteiger partial charge on any atom is -0.403 e. The van der Waals surface area contributed by atoms with E-state index >= 15 is 0 Å². The van der Waals surface area contributed by atoms with Gasteiger partial charge in [0, 0.05) is 24.7 Å². The summed E-state index contributed by atoms with van der Waals surface area (Å²) in [5, 5.41) is 2.33. The Morgan fingerprint density at radius 3 is 2.00 bits per heavy atom. The molecule has 0 N–H and O–H groups in total. The molecule has 185 valence electrons. The van der Waals surface area contributed by atoms with E-state index in [1.807, 2.05) is 26.0 Å². The second-order valence-corrected chi connectivity index (χ2v) is 15.1. The molecule has 1 heterocycles. The van der Waals surface area contributed by atoms with Gasteiger partial charge in [-0.3, -0.25) is 0 Å². The summed E-state index contributed by atoms with van der Waals surface area (Å²) < 4.78 is 27.6. The molecule has 1 fully saturated rings. The fourth-order valence-electron chi connectivity index (χ4n) is 5.29. The lowest BCUT2D eigenvalue weighted by Gasteiger charge is -2.43. The standard InChI is InChI=1S/C29H34ClFNO2Si/c1-21-18-32(19-22(2)34-21)28-23(16-17-26(31)27(28)30)20-33-35(29(3,4)5,24-12-8-6-9-13-24)25-14-10-7-11-15-25/h6-16,21-22H,18-20H2,1-5H3/t21-,22+. The van der Waals surface area contributed by atoms with Gasteiger partial charge in [0.25, 0.3) is 8.32 Å². The van der Waals surface area contributed by atoms with Gasteiger partial charge in [-0.05, 0) is 35.3 Å². The number of benzene rings is 3. The van der Waals surface area contributed by atoms with Crippen molar-refractivity contribution < 1.29 is 13.6 Å². The van der Waals surface area contributed by atoms with Crippen molar-refractivity contribution in [3.8, 4) is 0 Å². The van der Waals surface area contributed by atoms with Gasteiger partial charge < -0.3 is 14.1 Å². The Balaban J connectivity index is 1.80. The topological polar surface area (TPSA) is 21.7 Å². The van der Waals surface area contributed by atoms with Gasteiger partial charge >= 0.3 is 0 Å². The second kappa shape index (κ2) is 10.4. The molecule has 3 nitrogen and oxygen atoms in total. The third-order valence-corrected chi connectivity index (χ3v) is 12.0. The highest BCUT2D eigenvalue weighted by Gasteiger charge is 2.50. The Bertz CT molecular complexity index is 1090. The number of nitrogens with zero attached hydrogens (tertiary/aromatic N) is 1. The average molecular weight is 511 g/mol. The first-order valence-electron chi connectivity index (χ1n) is 12.2. The van der Waals surface area contributed by atoms with Crippen molar-refractivity contribution in [2.45, 2.75) is 58.5 Å². The van der Waals surface area contributed by atoms with Crippen molar-refractivity contribution in [1.82, 2.24) is 0 Å². The molecule has 1 aliphatic heterocycles. The van der Waals surface area contributed by atoms with Crippen molar-refractivity contribution in [1.29, 1.82) is 0 Å². The third-order valence-electron chi connectivity index (χ3n) is 6.67. The van der Waals surface area contributed by atoms with E-state index in [1.165, 1.54) is 10.4 Å². The molecule has 0 bridgehead atoms. The van der Waals surface area contributed by atoms with Crippen molar-refractivity contribution in [3.05, 3.63) is 89.2 Å². The summed E-state index contributed by atoms with van der Waals surface area (Å²) >= 11 is 6.57. The minimum absolute atomic E-state index is 0.0208. The monoisotopic (exact) mass is 510 g/mol. The molecule has 0 aliphatic carbocycles. The zero-order valence-corrected chi connectivity index (χ0v) is 22.9. The molecular formula is C29H34ClFNO2Si. The fourth-order valence-corrected chi connectivity index (χ4v) is 10.1. The van der Waals surface area contributed by atoms with Crippen LogP contribution in [0.3, 0.4) is 0 Å². The van der Waals surface area contributed by atoms with Crippen molar-refractivity contribution >= 4 is 36.0 Å². The highest BCUT2D eigenvalue weighted by atomic mass is 35.5. The number of rotatable bonds is 6. The highest BCUT2D eigenvalue weighted by Crippen LogP contribution is 2.39. The van der Waals surface area contributed by atoms with E-state index in [0.29, 0.717) is 25.4 Å². The van der Waals surface area contributed by atoms with Gasteiger partial charge in [-0.1, -0.05) is 93.0 Å². The summed E-state index contributed by atoms with van der Waals surface area (Å²) in [6, 6.07) is 25.4. The maximum Gasteiger partial charge on any atom is 0.261 e. The van der Waals surface area contributed by atoms with Crippen LogP contribution in [-0.2, 0) is 15.8 Å². The van der Waals surface area contributed by atoms with Gasteiger partial charge in [0.1, 0.15) is 5.02 Å². The van der Waals surface area contributed by atoms with Gasteiger partial charge in [0.05, 0.1) is 24.5 Å². The molecule has 0 unspecified atom stereocenters. The van der Waals surface area contributed by atoms with Crippen LogP contribution in [-0.4, -0.2) is 33.6 Å². The van der Waals surface area contributed by atoms with Crippen LogP contribution in [0.15, 0.2) is 66.7 Å². The quantitative estimate of drug-likeness (QED) is 0.381. The zero-order chi connectivity index (χ0) is 25.2. The first kappa shape index (κ1) is 25.9. The van der Waals surface area contributed by atoms with Crippen LogP contribution in [0.1, 0.15) is 40.2 Å². The molecule has 3 aromatic rings. The molecule has 0 aromatic heterocycles. The summed E-state index contributed by atoms with van der Waals surface area (Å²) in [5.74, 6) is -0.539.